The first-order chi connectivity index (χ1) is 9.03. The van der Waals surface area contributed by atoms with Gasteiger partial charge in [-0.25, -0.2) is 0 Å². The van der Waals surface area contributed by atoms with E-state index in [9.17, 15) is 9.90 Å². The van der Waals surface area contributed by atoms with Crippen molar-refractivity contribution in [2.24, 2.45) is 0 Å². The molecule has 1 amide bonds. The number of amides is 1. The molecule has 0 saturated heterocycles. The molecule has 0 aromatic carbocycles. The zero-order valence-corrected chi connectivity index (χ0v) is 12.5. The van der Waals surface area contributed by atoms with Crippen LogP contribution >= 0.6 is 11.8 Å². The summed E-state index contributed by atoms with van der Waals surface area (Å²) in [7, 11) is 0. The maximum Gasteiger partial charge on any atom is 0.268 e. The third kappa shape index (κ3) is 4.18. The van der Waals surface area contributed by atoms with Crippen LogP contribution in [-0.4, -0.2) is 39.7 Å². The van der Waals surface area contributed by atoms with Crippen molar-refractivity contribution in [1.82, 2.24) is 9.88 Å². The standard InChI is InChI=1S/C13H23N3O2S/c1-4-5-16-7-10(14)6-11(16)13(18)15-9(2)12(8-17)19-3/h6-7,9,12,17H,4-5,8,14H2,1-3H3,(H,15,18). The number of aryl methyl sites for hydroxylation is 1. The van der Waals surface area contributed by atoms with Crippen molar-refractivity contribution < 1.29 is 9.90 Å². The largest absolute Gasteiger partial charge is 0.397 e. The van der Waals surface area contributed by atoms with Crippen LogP contribution in [0.15, 0.2) is 12.3 Å². The Hall–Kier alpha value is -1.14. The van der Waals surface area contributed by atoms with E-state index in [2.05, 4.69) is 12.2 Å². The number of carbonyl (C=O) groups is 1. The molecule has 0 aliphatic carbocycles. The lowest BCUT2D eigenvalue weighted by molar-refractivity contribution is 0.0926. The molecule has 108 valence electrons. The second kappa shape index (κ2) is 7.45. The molecule has 1 aromatic heterocycles. The van der Waals surface area contributed by atoms with E-state index in [1.807, 2.05) is 17.7 Å². The average molecular weight is 285 g/mol. The van der Waals surface area contributed by atoms with Crippen LogP contribution in [0.3, 0.4) is 0 Å². The maximum absolute atomic E-state index is 12.2. The molecule has 0 saturated carbocycles. The molecule has 2 atom stereocenters. The van der Waals surface area contributed by atoms with Crippen LogP contribution in [-0.2, 0) is 6.54 Å². The van der Waals surface area contributed by atoms with Gasteiger partial charge in [0.25, 0.3) is 5.91 Å². The summed E-state index contributed by atoms with van der Waals surface area (Å²) in [5.74, 6) is -0.148. The molecule has 1 heterocycles. The SMILES string of the molecule is CCCn1cc(N)cc1C(=O)NC(C)C(CO)SC. The van der Waals surface area contributed by atoms with E-state index < -0.39 is 0 Å². The van der Waals surface area contributed by atoms with Crippen LogP contribution in [0.25, 0.3) is 0 Å². The van der Waals surface area contributed by atoms with Crippen molar-refractivity contribution in [2.45, 2.75) is 38.1 Å². The summed E-state index contributed by atoms with van der Waals surface area (Å²) in [6.07, 6.45) is 4.64. The van der Waals surface area contributed by atoms with Gasteiger partial charge < -0.3 is 20.7 Å². The minimum absolute atomic E-state index is 0.00381. The first kappa shape index (κ1) is 15.9. The summed E-state index contributed by atoms with van der Waals surface area (Å²) in [6, 6.07) is 1.59. The van der Waals surface area contributed by atoms with Crippen LogP contribution in [0.5, 0.6) is 0 Å². The third-order valence-electron chi connectivity index (χ3n) is 3.01. The van der Waals surface area contributed by atoms with E-state index in [0.717, 1.165) is 13.0 Å². The normalized spacial score (nSPS) is 14.1. The molecule has 0 spiro atoms. The van der Waals surface area contributed by atoms with Crippen LogP contribution in [0.4, 0.5) is 5.69 Å². The number of hydrogen-bond donors (Lipinski definition) is 3. The number of anilines is 1. The number of aromatic nitrogens is 1. The number of thioether (sulfide) groups is 1. The van der Waals surface area contributed by atoms with E-state index in [4.69, 9.17) is 5.73 Å². The molecule has 0 bridgehead atoms. The van der Waals surface area contributed by atoms with Crippen molar-refractivity contribution in [3.63, 3.8) is 0 Å². The fourth-order valence-electron chi connectivity index (χ4n) is 1.96. The van der Waals surface area contributed by atoms with Crippen LogP contribution < -0.4 is 11.1 Å². The van der Waals surface area contributed by atoms with Gasteiger partial charge in [-0.1, -0.05) is 6.92 Å². The molecule has 0 fully saturated rings. The molecule has 5 nitrogen and oxygen atoms in total. The van der Waals surface area contributed by atoms with Gasteiger partial charge in [0.05, 0.1) is 12.3 Å². The van der Waals surface area contributed by atoms with E-state index in [-0.39, 0.29) is 23.8 Å². The van der Waals surface area contributed by atoms with Crippen LogP contribution in [0.1, 0.15) is 30.8 Å². The van der Waals surface area contributed by atoms with Crippen LogP contribution in [0.2, 0.25) is 0 Å². The highest BCUT2D eigenvalue weighted by atomic mass is 32.2. The number of nitrogen functional groups attached to an aromatic ring is 1. The summed E-state index contributed by atoms with van der Waals surface area (Å²) in [5, 5.41) is 12.1. The number of aliphatic hydroxyl groups excluding tert-OH is 1. The van der Waals surface area contributed by atoms with Crippen molar-refractivity contribution in [3.8, 4) is 0 Å². The van der Waals surface area contributed by atoms with E-state index >= 15 is 0 Å². The van der Waals surface area contributed by atoms with Crippen molar-refractivity contribution >= 4 is 23.4 Å². The first-order valence-corrected chi connectivity index (χ1v) is 7.72. The minimum atomic E-state index is -0.148. The van der Waals surface area contributed by atoms with Gasteiger partial charge in [-0.3, -0.25) is 4.79 Å². The number of aliphatic hydroxyl groups is 1. The molecular weight excluding hydrogens is 262 g/mol. The molecule has 1 aromatic rings. The average Bonchev–Trinajstić information content (AvgIpc) is 2.72. The van der Waals surface area contributed by atoms with Gasteiger partial charge in [-0.15, -0.1) is 0 Å². The molecule has 0 aliphatic rings. The summed E-state index contributed by atoms with van der Waals surface area (Å²) in [4.78, 5) is 12.2. The Balaban J connectivity index is 2.77. The summed E-state index contributed by atoms with van der Waals surface area (Å²) in [6.45, 7) is 4.75. The number of rotatable bonds is 7. The predicted molar refractivity (Wildman–Crippen MR) is 80.5 cm³/mol. The third-order valence-corrected chi connectivity index (χ3v) is 4.18. The van der Waals surface area contributed by atoms with Gasteiger partial charge in [0.2, 0.25) is 0 Å². The van der Waals surface area contributed by atoms with Gasteiger partial charge in [0, 0.05) is 24.0 Å². The quantitative estimate of drug-likeness (QED) is 0.706. The van der Waals surface area contributed by atoms with E-state index in [0.29, 0.717) is 11.4 Å². The Morgan fingerprint density at radius 2 is 2.32 bits per heavy atom. The van der Waals surface area contributed by atoms with Crippen molar-refractivity contribution in [2.75, 3.05) is 18.6 Å². The number of hydrogen-bond acceptors (Lipinski definition) is 4. The molecule has 6 heteroatoms. The Bertz CT molecular complexity index is 416. The minimum Gasteiger partial charge on any atom is -0.397 e. The molecular formula is C13H23N3O2S. The molecule has 19 heavy (non-hydrogen) atoms. The molecule has 0 aliphatic heterocycles. The lowest BCUT2D eigenvalue weighted by atomic mass is 10.2. The predicted octanol–water partition coefficient (Wildman–Crippen LogP) is 1.32. The lowest BCUT2D eigenvalue weighted by Crippen LogP contribution is -2.41. The Kier molecular flexibility index (Phi) is 6.24. The Labute approximate surface area is 118 Å². The monoisotopic (exact) mass is 285 g/mol. The number of nitrogens with one attached hydrogen (secondary N) is 1. The summed E-state index contributed by atoms with van der Waals surface area (Å²) in [5.41, 5.74) is 6.91. The molecule has 1 rings (SSSR count). The zero-order valence-electron chi connectivity index (χ0n) is 11.7. The molecule has 0 radical (unpaired) electrons. The van der Waals surface area contributed by atoms with Gasteiger partial charge in [0.1, 0.15) is 5.69 Å². The van der Waals surface area contributed by atoms with Gasteiger partial charge >= 0.3 is 0 Å². The highest BCUT2D eigenvalue weighted by Gasteiger charge is 2.20. The van der Waals surface area contributed by atoms with E-state index in [1.54, 1.807) is 12.3 Å². The highest BCUT2D eigenvalue weighted by molar-refractivity contribution is 7.99. The van der Waals surface area contributed by atoms with Gasteiger partial charge in [-0.05, 0) is 25.7 Å². The maximum atomic E-state index is 12.2. The zero-order chi connectivity index (χ0) is 14.4. The fraction of sp³-hybridized carbons (Fsp3) is 0.615. The Morgan fingerprint density at radius 1 is 1.63 bits per heavy atom. The van der Waals surface area contributed by atoms with Crippen molar-refractivity contribution in [3.05, 3.63) is 18.0 Å². The molecule has 2 unspecified atom stereocenters. The van der Waals surface area contributed by atoms with Crippen molar-refractivity contribution in [1.29, 1.82) is 0 Å². The summed E-state index contributed by atoms with van der Waals surface area (Å²) < 4.78 is 1.87. The van der Waals surface area contributed by atoms with Crippen LogP contribution in [0, 0.1) is 0 Å². The topological polar surface area (TPSA) is 80.3 Å². The van der Waals surface area contributed by atoms with Gasteiger partial charge in [-0.2, -0.15) is 11.8 Å². The first-order valence-electron chi connectivity index (χ1n) is 6.43. The summed E-state index contributed by atoms with van der Waals surface area (Å²) >= 11 is 1.54. The van der Waals surface area contributed by atoms with E-state index in [1.165, 1.54) is 11.8 Å². The number of carbonyl (C=O) groups excluding carboxylic acids is 1. The Morgan fingerprint density at radius 3 is 2.84 bits per heavy atom. The smallest absolute Gasteiger partial charge is 0.268 e. The molecule has 4 N–H and O–H groups in total. The second-order valence-corrected chi connectivity index (χ2v) is 5.65. The number of nitrogens with two attached hydrogens (primary N) is 1. The lowest BCUT2D eigenvalue weighted by Gasteiger charge is -2.21. The van der Waals surface area contributed by atoms with Gasteiger partial charge in [0.15, 0.2) is 0 Å². The highest BCUT2D eigenvalue weighted by Crippen LogP contribution is 2.14. The second-order valence-electron chi connectivity index (χ2n) is 4.57. The number of nitrogens with zero attached hydrogens (tertiary/aromatic N) is 1. The fourth-order valence-corrected chi connectivity index (χ4v) is 2.59.